The molecule has 186 valence electrons. The van der Waals surface area contributed by atoms with Gasteiger partial charge in [0, 0.05) is 5.69 Å². The molecule has 3 aromatic carbocycles. The van der Waals surface area contributed by atoms with E-state index in [9.17, 15) is 19.1 Å². The van der Waals surface area contributed by atoms with Crippen LogP contribution in [0, 0.1) is 5.82 Å². The Morgan fingerprint density at radius 3 is 2.17 bits per heavy atom. The lowest BCUT2D eigenvalue weighted by Gasteiger charge is -2.26. The number of benzene rings is 3. The molecule has 1 heterocycles. The summed E-state index contributed by atoms with van der Waals surface area (Å²) < 4.78 is 24.3. The predicted molar refractivity (Wildman–Crippen MR) is 137 cm³/mol. The first-order valence-electron chi connectivity index (χ1n) is 11.0. The molecule has 1 aliphatic heterocycles. The summed E-state index contributed by atoms with van der Waals surface area (Å²) in [6.45, 7) is 2.00. The first-order valence-corrected chi connectivity index (χ1v) is 11.7. The average molecular weight is 530 g/mol. The number of rotatable bonds is 6. The molecule has 1 amide bonds. The SMILES string of the molecule is CCc1ccc(N2C(=O)C(=O)/C(=C(/O)c3cc(Cl)c(OC)c(Cl)c3OC)C2c2ccc(F)cc2)cc1. The molecule has 0 radical (unpaired) electrons. The molecule has 1 aliphatic rings. The summed E-state index contributed by atoms with van der Waals surface area (Å²) in [4.78, 5) is 27.9. The predicted octanol–water partition coefficient (Wildman–Crippen LogP) is 6.34. The molecule has 1 unspecified atom stereocenters. The number of ketones is 1. The van der Waals surface area contributed by atoms with E-state index in [-0.39, 0.29) is 32.7 Å². The van der Waals surface area contributed by atoms with Gasteiger partial charge in [-0.05, 0) is 47.9 Å². The summed E-state index contributed by atoms with van der Waals surface area (Å²) in [6.07, 6.45) is 0.791. The molecule has 0 spiro atoms. The highest BCUT2D eigenvalue weighted by atomic mass is 35.5. The van der Waals surface area contributed by atoms with Crippen LogP contribution >= 0.6 is 23.2 Å². The Labute approximate surface area is 217 Å². The van der Waals surface area contributed by atoms with E-state index in [1.807, 2.05) is 19.1 Å². The number of halogens is 3. The highest BCUT2D eigenvalue weighted by Gasteiger charge is 2.47. The Balaban J connectivity index is 1.99. The molecule has 0 aliphatic carbocycles. The van der Waals surface area contributed by atoms with E-state index in [4.69, 9.17) is 32.7 Å². The van der Waals surface area contributed by atoms with Crippen LogP contribution in [-0.2, 0) is 16.0 Å². The Hall–Kier alpha value is -3.55. The third kappa shape index (κ3) is 4.29. The molecule has 1 saturated heterocycles. The Bertz CT molecular complexity index is 1370. The molecule has 0 saturated carbocycles. The summed E-state index contributed by atoms with van der Waals surface area (Å²) >= 11 is 12.7. The number of ether oxygens (including phenoxy) is 2. The summed E-state index contributed by atoms with van der Waals surface area (Å²) in [6, 6.07) is 12.8. The Morgan fingerprint density at radius 2 is 1.61 bits per heavy atom. The number of methoxy groups -OCH3 is 2. The van der Waals surface area contributed by atoms with Crippen LogP contribution in [0.4, 0.5) is 10.1 Å². The van der Waals surface area contributed by atoms with Crippen molar-refractivity contribution in [3.8, 4) is 11.5 Å². The molecular weight excluding hydrogens is 508 g/mol. The van der Waals surface area contributed by atoms with Gasteiger partial charge in [0.05, 0.1) is 36.4 Å². The lowest BCUT2D eigenvalue weighted by atomic mass is 9.94. The fourth-order valence-electron chi connectivity index (χ4n) is 4.24. The fourth-order valence-corrected chi connectivity index (χ4v) is 4.93. The zero-order valence-electron chi connectivity index (χ0n) is 19.6. The first kappa shape index (κ1) is 25.5. The monoisotopic (exact) mass is 529 g/mol. The number of carbonyl (C=O) groups excluding carboxylic acids is 2. The van der Waals surface area contributed by atoms with Gasteiger partial charge in [-0.15, -0.1) is 0 Å². The normalized spacial score (nSPS) is 16.9. The van der Waals surface area contributed by atoms with Crippen LogP contribution in [0.25, 0.3) is 5.76 Å². The van der Waals surface area contributed by atoms with Gasteiger partial charge in [-0.1, -0.05) is 54.4 Å². The minimum atomic E-state index is -1.05. The third-order valence-corrected chi connectivity index (χ3v) is 6.67. The molecule has 0 aromatic heterocycles. The maximum atomic E-state index is 13.7. The second-order valence-corrected chi connectivity index (χ2v) is 8.81. The summed E-state index contributed by atoms with van der Waals surface area (Å²) in [7, 11) is 2.70. The minimum absolute atomic E-state index is 0.000238. The Kier molecular flexibility index (Phi) is 7.24. The van der Waals surface area contributed by atoms with Gasteiger partial charge in [0.2, 0.25) is 0 Å². The van der Waals surface area contributed by atoms with Crippen LogP contribution in [0.3, 0.4) is 0 Å². The molecule has 6 nitrogen and oxygen atoms in total. The van der Waals surface area contributed by atoms with Gasteiger partial charge in [-0.25, -0.2) is 4.39 Å². The van der Waals surface area contributed by atoms with Gasteiger partial charge in [0.25, 0.3) is 11.7 Å². The number of aliphatic hydroxyl groups is 1. The van der Waals surface area contributed by atoms with E-state index in [0.29, 0.717) is 11.3 Å². The topological polar surface area (TPSA) is 76.1 Å². The van der Waals surface area contributed by atoms with Crippen LogP contribution in [-0.4, -0.2) is 31.0 Å². The Morgan fingerprint density at radius 1 is 1.00 bits per heavy atom. The van der Waals surface area contributed by atoms with Crippen LogP contribution in [0.1, 0.15) is 29.7 Å². The van der Waals surface area contributed by atoms with Crippen molar-refractivity contribution in [3.63, 3.8) is 0 Å². The van der Waals surface area contributed by atoms with E-state index in [1.165, 1.54) is 49.5 Å². The number of hydrogen-bond donors (Lipinski definition) is 1. The highest BCUT2D eigenvalue weighted by molar-refractivity contribution is 6.52. The molecule has 3 aromatic rings. The number of Topliss-reactive ketones (excluding diaryl/α,β-unsaturated/α-hetero) is 1. The van der Waals surface area contributed by atoms with Gasteiger partial charge in [-0.3, -0.25) is 14.5 Å². The standard InChI is InChI=1S/C27H22Cl2FNO5/c1-4-14-5-11-17(12-6-14)31-22(15-7-9-16(30)10-8-15)20(24(33)27(31)34)23(32)18-13-19(28)26(36-3)21(29)25(18)35-2/h5-13,22,32H,4H2,1-3H3/b23-20+. The smallest absolute Gasteiger partial charge is 0.300 e. The van der Waals surface area contributed by atoms with Crippen LogP contribution in [0.5, 0.6) is 11.5 Å². The molecule has 36 heavy (non-hydrogen) atoms. The van der Waals surface area contributed by atoms with Crippen LogP contribution in [0.15, 0.2) is 60.2 Å². The largest absolute Gasteiger partial charge is 0.507 e. The summed E-state index contributed by atoms with van der Waals surface area (Å²) in [5.41, 5.74) is 1.68. The number of carbonyl (C=O) groups is 2. The highest BCUT2D eigenvalue weighted by Crippen LogP contribution is 2.48. The quantitative estimate of drug-likeness (QED) is 0.229. The van der Waals surface area contributed by atoms with Crippen molar-refractivity contribution in [2.75, 3.05) is 19.1 Å². The van der Waals surface area contributed by atoms with Gasteiger partial charge >= 0.3 is 0 Å². The number of amides is 1. The number of aryl methyl sites for hydroxylation is 1. The van der Waals surface area contributed by atoms with E-state index >= 15 is 0 Å². The van der Waals surface area contributed by atoms with Crippen molar-refractivity contribution >= 4 is 46.3 Å². The van der Waals surface area contributed by atoms with Crippen LogP contribution in [0.2, 0.25) is 10.0 Å². The van der Waals surface area contributed by atoms with Gasteiger partial charge in [0.1, 0.15) is 16.6 Å². The molecule has 1 fully saturated rings. The van der Waals surface area contributed by atoms with Crippen LogP contribution < -0.4 is 14.4 Å². The second kappa shape index (κ2) is 10.2. The van der Waals surface area contributed by atoms with E-state index in [1.54, 1.807) is 12.1 Å². The van der Waals surface area contributed by atoms with Gasteiger partial charge in [0.15, 0.2) is 11.5 Å². The molecule has 1 atom stereocenters. The van der Waals surface area contributed by atoms with E-state index < -0.39 is 29.3 Å². The molecular formula is C27H22Cl2FNO5. The van der Waals surface area contributed by atoms with E-state index in [2.05, 4.69) is 0 Å². The molecule has 4 rings (SSSR count). The second-order valence-electron chi connectivity index (χ2n) is 8.03. The maximum Gasteiger partial charge on any atom is 0.300 e. The number of aliphatic hydroxyl groups excluding tert-OH is 1. The summed E-state index contributed by atoms with van der Waals surface area (Å²) in [5, 5.41) is 11.5. The average Bonchev–Trinajstić information content (AvgIpc) is 3.14. The molecule has 1 N–H and O–H groups in total. The lowest BCUT2D eigenvalue weighted by molar-refractivity contribution is -0.132. The van der Waals surface area contributed by atoms with Crippen molar-refractivity contribution in [2.45, 2.75) is 19.4 Å². The van der Waals surface area contributed by atoms with Crippen molar-refractivity contribution in [2.24, 2.45) is 0 Å². The maximum absolute atomic E-state index is 13.7. The van der Waals surface area contributed by atoms with Crippen molar-refractivity contribution < 1.29 is 28.6 Å². The number of hydrogen-bond acceptors (Lipinski definition) is 5. The lowest BCUT2D eigenvalue weighted by Crippen LogP contribution is -2.29. The van der Waals surface area contributed by atoms with Crippen molar-refractivity contribution in [3.05, 3.63) is 92.7 Å². The third-order valence-electron chi connectivity index (χ3n) is 6.05. The minimum Gasteiger partial charge on any atom is -0.507 e. The summed E-state index contributed by atoms with van der Waals surface area (Å²) in [5.74, 6) is -2.67. The number of nitrogens with zero attached hydrogens (tertiary/aromatic N) is 1. The van der Waals surface area contributed by atoms with Crippen molar-refractivity contribution in [1.29, 1.82) is 0 Å². The van der Waals surface area contributed by atoms with Crippen molar-refractivity contribution in [1.82, 2.24) is 0 Å². The fraction of sp³-hybridized carbons (Fsp3) is 0.185. The zero-order valence-corrected chi connectivity index (χ0v) is 21.2. The molecule has 9 heteroatoms. The first-order chi connectivity index (χ1) is 17.2. The molecule has 0 bridgehead atoms. The van der Waals surface area contributed by atoms with Gasteiger partial charge in [-0.2, -0.15) is 0 Å². The van der Waals surface area contributed by atoms with Gasteiger partial charge < -0.3 is 14.6 Å². The number of anilines is 1. The zero-order chi connectivity index (χ0) is 26.1. The van der Waals surface area contributed by atoms with E-state index in [0.717, 1.165) is 12.0 Å².